The van der Waals surface area contributed by atoms with E-state index >= 15 is 0 Å². The largest absolute Gasteiger partial charge is 0.508 e. The van der Waals surface area contributed by atoms with Crippen molar-refractivity contribution in [1.82, 2.24) is 5.32 Å². The number of carbonyl (C=O) groups excluding carboxylic acids is 1. The predicted molar refractivity (Wildman–Crippen MR) is 87.8 cm³/mol. The van der Waals surface area contributed by atoms with E-state index < -0.39 is 0 Å². The molecule has 0 atom stereocenters. The molecule has 6 heteroatoms. The van der Waals surface area contributed by atoms with Crippen molar-refractivity contribution in [2.24, 2.45) is 0 Å². The van der Waals surface area contributed by atoms with E-state index in [0.29, 0.717) is 24.2 Å². The molecule has 0 spiro atoms. The topological polar surface area (TPSA) is 85.2 Å². The molecule has 22 heavy (non-hydrogen) atoms. The van der Waals surface area contributed by atoms with Crippen molar-refractivity contribution >= 4 is 27.5 Å². The number of nitrogens with one attached hydrogen (secondary N) is 2. The van der Waals surface area contributed by atoms with E-state index in [2.05, 4.69) is 32.6 Å². The zero-order valence-corrected chi connectivity index (χ0v) is 13.2. The number of phenols is 1. The highest BCUT2D eigenvalue weighted by atomic mass is 79.9. The summed E-state index contributed by atoms with van der Waals surface area (Å²) < 4.78 is 0.843. The maximum atomic E-state index is 11.9. The molecule has 0 bridgehead atoms. The van der Waals surface area contributed by atoms with Gasteiger partial charge in [0, 0.05) is 23.1 Å². The lowest BCUT2D eigenvalue weighted by Gasteiger charge is -2.09. The van der Waals surface area contributed by atoms with Gasteiger partial charge in [0.2, 0.25) is 0 Å². The molecule has 112 valence electrons. The molecular weight excluding hydrogens is 346 g/mol. The van der Waals surface area contributed by atoms with Crippen LogP contribution in [0.15, 0.2) is 46.9 Å². The molecule has 0 aliphatic heterocycles. The summed E-state index contributed by atoms with van der Waals surface area (Å²) in [5.41, 5.74) is 1.75. The lowest BCUT2D eigenvalue weighted by Crippen LogP contribution is -2.28. The van der Waals surface area contributed by atoms with Crippen LogP contribution in [-0.2, 0) is 0 Å². The highest BCUT2D eigenvalue weighted by molar-refractivity contribution is 9.10. The van der Waals surface area contributed by atoms with Gasteiger partial charge < -0.3 is 15.7 Å². The molecule has 0 heterocycles. The van der Waals surface area contributed by atoms with Crippen LogP contribution in [0.5, 0.6) is 5.75 Å². The monoisotopic (exact) mass is 359 g/mol. The fourth-order valence-electron chi connectivity index (χ4n) is 1.85. The first-order valence-electron chi connectivity index (χ1n) is 6.61. The van der Waals surface area contributed by atoms with Crippen LogP contribution in [0, 0.1) is 11.3 Å². The Hall–Kier alpha value is -2.52. The number of nitrogens with zero attached hydrogens (tertiary/aromatic N) is 1. The minimum absolute atomic E-state index is 0.123. The van der Waals surface area contributed by atoms with Gasteiger partial charge in [-0.3, -0.25) is 4.79 Å². The second-order valence-electron chi connectivity index (χ2n) is 4.53. The van der Waals surface area contributed by atoms with Crippen molar-refractivity contribution in [1.29, 1.82) is 5.26 Å². The number of hydrogen-bond acceptors (Lipinski definition) is 4. The second kappa shape index (κ2) is 7.48. The summed E-state index contributed by atoms with van der Waals surface area (Å²) in [6.45, 7) is 0.917. The molecule has 0 aromatic heterocycles. The Bertz CT molecular complexity index is 708. The van der Waals surface area contributed by atoms with Crippen molar-refractivity contribution < 1.29 is 9.90 Å². The molecule has 0 aliphatic carbocycles. The molecule has 3 N–H and O–H groups in total. The van der Waals surface area contributed by atoms with Gasteiger partial charge in [0.15, 0.2) is 0 Å². The first-order chi connectivity index (χ1) is 10.6. The van der Waals surface area contributed by atoms with Gasteiger partial charge in [-0.15, -0.1) is 0 Å². The number of carbonyl (C=O) groups is 1. The highest BCUT2D eigenvalue weighted by Gasteiger charge is 2.05. The van der Waals surface area contributed by atoms with E-state index in [1.165, 1.54) is 12.1 Å². The van der Waals surface area contributed by atoms with E-state index in [9.17, 15) is 9.90 Å². The summed E-state index contributed by atoms with van der Waals surface area (Å²) in [7, 11) is 0. The van der Waals surface area contributed by atoms with E-state index in [0.717, 1.165) is 10.2 Å². The SMILES string of the molecule is N#Cc1cc(Br)ccc1NCCNC(=O)c1ccc(O)cc1. The Morgan fingerprint density at radius 2 is 1.91 bits per heavy atom. The predicted octanol–water partition coefficient (Wildman–Crippen LogP) is 2.87. The summed E-state index contributed by atoms with van der Waals surface area (Å²) in [5, 5.41) is 24.1. The molecule has 0 saturated heterocycles. The molecule has 0 aliphatic rings. The van der Waals surface area contributed by atoms with Crippen LogP contribution in [0.1, 0.15) is 15.9 Å². The number of halogens is 1. The smallest absolute Gasteiger partial charge is 0.251 e. The number of phenolic OH excluding ortho intramolecular Hbond substituents is 1. The molecule has 0 fully saturated rings. The maximum absolute atomic E-state index is 11.9. The first kappa shape index (κ1) is 15.9. The van der Waals surface area contributed by atoms with Gasteiger partial charge in [0.1, 0.15) is 11.8 Å². The van der Waals surface area contributed by atoms with Crippen LogP contribution in [0.4, 0.5) is 5.69 Å². The fraction of sp³-hybridized carbons (Fsp3) is 0.125. The minimum Gasteiger partial charge on any atom is -0.508 e. The summed E-state index contributed by atoms with van der Waals surface area (Å²) in [4.78, 5) is 11.9. The number of rotatable bonds is 5. The first-order valence-corrected chi connectivity index (χ1v) is 7.40. The van der Waals surface area contributed by atoms with E-state index in [1.807, 2.05) is 12.1 Å². The summed E-state index contributed by atoms with van der Waals surface area (Å²) in [6, 6.07) is 13.5. The Morgan fingerprint density at radius 1 is 1.18 bits per heavy atom. The third-order valence-corrected chi connectivity index (χ3v) is 3.45. The van der Waals surface area contributed by atoms with Gasteiger partial charge in [0.05, 0.1) is 11.3 Å². The zero-order valence-electron chi connectivity index (χ0n) is 11.6. The third-order valence-electron chi connectivity index (χ3n) is 2.96. The number of anilines is 1. The van der Waals surface area contributed by atoms with Gasteiger partial charge in [-0.2, -0.15) is 5.26 Å². The minimum atomic E-state index is -0.210. The standard InChI is InChI=1S/C16H14BrN3O2/c17-13-3-6-15(12(9-13)10-18)19-7-8-20-16(22)11-1-4-14(21)5-2-11/h1-6,9,19,21H,7-8H2,(H,20,22). The summed E-state index contributed by atoms with van der Waals surface area (Å²) >= 11 is 3.32. The van der Waals surface area contributed by atoms with Gasteiger partial charge in [-0.05, 0) is 42.5 Å². The molecule has 0 unspecified atom stereocenters. The lowest BCUT2D eigenvalue weighted by atomic mass is 10.2. The van der Waals surface area contributed by atoms with Crippen LogP contribution in [0.2, 0.25) is 0 Å². The Kier molecular flexibility index (Phi) is 5.39. The molecule has 2 rings (SSSR count). The molecule has 1 amide bonds. The van der Waals surface area contributed by atoms with Crippen molar-refractivity contribution in [2.45, 2.75) is 0 Å². The van der Waals surface area contributed by atoms with E-state index in [4.69, 9.17) is 5.26 Å². The van der Waals surface area contributed by atoms with Gasteiger partial charge in [-0.25, -0.2) is 0 Å². The molecule has 2 aromatic carbocycles. The van der Waals surface area contributed by atoms with Gasteiger partial charge in [0.25, 0.3) is 5.91 Å². The van der Waals surface area contributed by atoms with Crippen LogP contribution in [0.3, 0.4) is 0 Å². The highest BCUT2D eigenvalue weighted by Crippen LogP contribution is 2.19. The van der Waals surface area contributed by atoms with Gasteiger partial charge >= 0.3 is 0 Å². The van der Waals surface area contributed by atoms with Crippen LogP contribution in [0.25, 0.3) is 0 Å². The molecule has 0 radical (unpaired) electrons. The number of aromatic hydroxyl groups is 1. The fourth-order valence-corrected chi connectivity index (χ4v) is 2.21. The van der Waals surface area contributed by atoms with Crippen LogP contribution < -0.4 is 10.6 Å². The quantitative estimate of drug-likeness (QED) is 0.716. The lowest BCUT2D eigenvalue weighted by molar-refractivity contribution is 0.0955. The average Bonchev–Trinajstić information content (AvgIpc) is 2.53. The third kappa shape index (κ3) is 4.24. The number of nitriles is 1. The average molecular weight is 360 g/mol. The summed E-state index contributed by atoms with van der Waals surface area (Å²) in [5.74, 6) is -0.0874. The van der Waals surface area contributed by atoms with Crippen molar-refractivity contribution in [3.8, 4) is 11.8 Å². The number of benzene rings is 2. The Morgan fingerprint density at radius 3 is 2.59 bits per heavy atom. The van der Waals surface area contributed by atoms with E-state index in [1.54, 1.807) is 18.2 Å². The van der Waals surface area contributed by atoms with Crippen molar-refractivity contribution in [3.63, 3.8) is 0 Å². The van der Waals surface area contributed by atoms with Crippen molar-refractivity contribution in [2.75, 3.05) is 18.4 Å². The zero-order chi connectivity index (χ0) is 15.9. The molecule has 2 aromatic rings. The Balaban J connectivity index is 1.83. The Labute approximate surface area is 136 Å². The second-order valence-corrected chi connectivity index (χ2v) is 5.45. The number of hydrogen-bond donors (Lipinski definition) is 3. The summed E-state index contributed by atoms with van der Waals surface area (Å²) in [6.07, 6.45) is 0. The van der Waals surface area contributed by atoms with E-state index in [-0.39, 0.29) is 11.7 Å². The van der Waals surface area contributed by atoms with Crippen LogP contribution in [-0.4, -0.2) is 24.1 Å². The van der Waals surface area contributed by atoms with Crippen LogP contribution >= 0.6 is 15.9 Å². The molecular formula is C16H14BrN3O2. The van der Waals surface area contributed by atoms with Crippen molar-refractivity contribution in [3.05, 3.63) is 58.1 Å². The molecule has 5 nitrogen and oxygen atoms in total. The normalized spacial score (nSPS) is 9.82. The number of amides is 1. The van der Waals surface area contributed by atoms with Gasteiger partial charge in [-0.1, -0.05) is 15.9 Å². The molecule has 0 saturated carbocycles. The maximum Gasteiger partial charge on any atom is 0.251 e.